The van der Waals surface area contributed by atoms with Gasteiger partial charge >= 0.3 is 0 Å². The van der Waals surface area contributed by atoms with Crippen LogP contribution in [0.2, 0.25) is 0 Å². The van der Waals surface area contributed by atoms with Crippen molar-refractivity contribution in [3.63, 3.8) is 0 Å². The lowest BCUT2D eigenvalue weighted by Crippen LogP contribution is -2.36. The van der Waals surface area contributed by atoms with Crippen molar-refractivity contribution in [2.24, 2.45) is 7.05 Å². The number of thiophene rings is 1. The Morgan fingerprint density at radius 1 is 1.15 bits per heavy atom. The minimum absolute atomic E-state index is 0.0925. The largest absolute Gasteiger partial charge is 0.343 e. The lowest BCUT2D eigenvalue weighted by Gasteiger charge is -2.28. The van der Waals surface area contributed by atoms with E-state index in [1.54, 1.807) is 0 Å². The summed E-state index contributed by atoms with van der Waals surface area (Å²) in [5.74, 6) is 0.325. The van der Waals surface area contributed by atoms with Crippen LogP contribution in [0.15, 0.2) is 17.5 Å². The summed E-state index contributed by atoms with van der Waals surface area (Å²) in [7, 11) is 1.96. The van der Waals surface area contributed by atoms with Gasteiger partial charge in [0.2, 0.25) is 5.91 Å². The maximum absolute atomic E-state index is 12.7. The molecule has 2 aromatic rings. The molecule has 0 radical (unpaired) electrons. The summed E-state index contributed by atoms with van der Waals surface area (Å²) in [6, 6.07) is 3.79. The molecule has 144 valence electrons. The molecule has 0 saturated carbocycles. The Bertz CT molecular complexity index is 821. The molecule has 0 aromatic carbocycles. The van der Waals surface area contributed by atoms with Gasteiger partial charge in [0, 0.05) is 63.7 Å². The molecule has 0 unspecified atom stereocenters. The Morgan fingerprint density at radius 3 is 2.70 bits per heavy atom. The highest BCUT2D eigenvalue weighted by molar-refractivity contribution is 7.12. The molecule has 4 rings (SSSR count). The van der Waals surface area contributed by atoms with E-state index in [0.29, 0.717) is 19.4 Å². The molecule has 7 heteroatoms. The number of carbonyl (C=O) groups excluding carboxylic acids is 2. The van der Waals surface area contributed by atoms with Crippen LogP contribution < -0.4 is 0 Å². The first kappa shape index (κ1) is 18.2. The Kier molecular flexibility index (Phi) is 5.29. The lowest BCUT2D eigenvalue weighted by molar-refractivity contribution is -0.132. The van der Waals surface area contributed by atoms with Crippen LogP contribution in [0.4, 0.5) is 0 Å². The summed E-state index contributed by atoms with van der Waals surface area (Å²) in [5, 5.41) is 6.61. The number of likely N-dealkylation sites (tertiary alicyclic amines) is 1. The molecule has 6 nitrogen and oxygen atoms in total. The van der Waals surface area contributed by atoms with Crippen LogP contribution in [0.1, 0.15) is 52.3 Å². The Hall–Kier alpha value is -2.15. The Labute approximate surface area is 163 Å². The van der Waals surface area contributed by atoms with Gasteiger partial charge < -0.3 is 9.80 Å². The molecular formula is C20H26N4O2S. The maximum Gasteiger partial charge on any atom is 0.264 e. The second-order valence-corrected chi connectivity index (χ2v) is 8.34. The fourth-order valence-electron chi connectivity index (χ4n) is 4.13. The fourth-order valence-corrected chi connectivity index (χ4v) is 4.82. The number of amides is 2. The van der Waals surface area contributed by atoms with E-state index in [9.17, 15) is 9.59 Å². The predicted octanol–water partition coefficient (Wildman–Crippen LogP) is 2.63. The normalized spacial score (nSPS) is 17.1. The van der Waals surface area contributed by atoms with E-state index in [4.69, 9.17) is 0 Å². The minimum atomic E-state index is 0.0925. The maximum atomic E-state index is 12.7. The highest BCUT2D eigenvalue weighted by Crippen LogP contribution is 2.25. The van der Waals surface area contributed by atoms with Crippen molar-refractivity contribution >= 4 is 23.2 Å². The third-order valence-electron chi connectivity index (χ3n) is 5.63. The number of fused-ring (bicyclic) bond motifs is 1. The molecule has 0 atom stereocenters. The molecule has 4 heterocycles. The summed E-state index contributed by atoms with van der Waals surface area (Å²) in [6.45, 7) is 3.09. The molecule has 1 fully saturated rings. The van der Waals surface area contributed by atoms with Crippen molar-refractivity contribution in [2.75, 3.05) is 19.6 Å². The number of hydrogen-bond donors (Lipinski definition) is 0. The van der Waals surface area contributed by atoms with Crippen LogP contribution >= 0.6 is 11.3 Å². The van der Waals surface area contributed by atoms with Gasteiger partial charge in [0.05, 0.1) is 10.6 Å². The van der Waals surface area contributed by atoms with Gasteiger partial charge in [-0.25, -0.2) is 0 Å². The lowest BCUT2D eigenvalue weighted by atomic mass is 10.0. The smallest absolute Gasteiger partial charge is 0.264 e. The van der Waals surface area contributed by atoms with E-state index in [1.807, 2.05) is 39.0 Å². The van der Waals surface area contributed by atoms with E-state index in [1.165, 1.54) is 23.5 Å². The van der Waals surface area contributed by atoms with Crippen molar-refractivity contribution in [3.8, 4) is 0 Å². The molecule has 1 saturated heterocycles. The first-order valence-electron chi connectivity index (χ1n) is 9.77. The zero-order chi connectivity index (χ0) is 18.8. The number of aromatic nitrogens is 2. The zero-order valence-corrected chi connectivity index (χ0v) is 16.6. The van der Waals surface area contributed by atoms with Gasteiger partial charge in [0.15, 0.2) is 0 Å². The van der Waals surface area contributed by atoms with Crippen LogP contribution in [-0.4, -0.2) is 51.0 Å². The van der Waals surface area contributed by atoms with E-state index >= 15 is 0 Å². The summed E-state index contributed by atoms with van der Waals surface area (Å²) < 4.78 is 1.93. The van der Waals surface area contributed by atoms with Gasteiger partial charge in [-0.3, -0.25) is 14.3 Å². The fraction of sp³-hybridized carbons (Fsp3) is 0.550. The van der Waals surface area contributed by atoms with Crippen molar-refractivity contribution in [1.82, 2.24) is 19.6 Å². The molecule has 2 aromatic heterocycles. The van der Waals surface area contributed by atoms with Gasteiger partial charge in [-0.05, 0) is 30.7 Å². The average molecular weight is 387 g/mol. The minimum Gasteiger partial charge on any atom is -0.343 e. The van der Waals surface area contributed by atoms with Crippen molar-refractivity contribution in [3.05, 3.63) is 39.3 Å². The van der Waals surface area contributed by atoms with Crippen LogP contribution in [0.25, 0.3) is 0 Å². The molecular weight excluding hydrogens is 360 g/mol. The van der Waals surface area contributed by atoms with Crippen LogP contribution in [0, 0.1) is 0 Å². The number of aryl methyl sites for hydroxylation is 2. The SMILES string of the molecule is Cn1nc(CCC(=O)N2CCCCC2)c2c1CCN(C(=O)c1cccs1)C2. The van der Waals surface area contributed by atoms with Gasteiger partial charge in [0.1, 0.15) is 0 Å². The molecule has 2 aliphatic rings. The zero-order valence-electron chi connectivity index (χ0n) is 15.8. The molecule has 2 aliphatic heterocycles. The van der Waals surface area contributed by atoms with E-state index < -0.39 is 0 Å². The third kappa shape index (κ3) is 3.78. The number of nitrogens with zero attached hydrogens (tertiary/aromatic N) is 4. The topological polar surface area (TPSA) is 58.4 Å². The predicted molar refractivity (Wildman–Crippen MR) is 105 cm³/mol. The molecule has 2 amide bonds. The summed E-state index contributed by atoms with van der Waals surface area (Å²) in [6.07, 6.45) is 5.43. The number of piperidine rings is 1. The summed E-state index contributed by atoms with van der Waals surface area (Å²) in [5.41, 5.74) is 3.31. The standard InChI is InChI=1S/C20H26N4O2S/c1-22-17-9-12-24(20(26)18-6-5-13-27-18)14-15(17)16(21-22)7-8-19(25)23-10-3-2-4-11-23/h5-6,13H,2-4,7-12,14H2,1H3. The second kappa shape index (κ2) is 7.84. The van der Waals surface area contributed by atoms with Crippen LogP contribution in [-0.2, 0) is 31.2 Å². The second-order valence-electron chi connectivity index (χ2n) is 7.39. The summed E-state index contributed by atoms with van der Waals surface area (Å²) >= 11 is 1.48. The van der Waals surface area contributed by atoms with Crippen molar-refractivity contribution in [2.45, 2.75) is 45.1 Å². The molecule has 27 heavy (non-hydrogen) atoms. The summed E-state index contributed by atoms with van der Waals surface area (Å²) in [4.78, 5) is 29.9. The Morgan fingerprint density at radius 2 is 1.96 bits per heavy atom. The van der Waals surface area contributed by atoms with Gasteiger partial charge in [-0.2, -0.15) is 5.10 Å². The van der Waals surface area contributed by atoms with E-state index in [2.05, 4.69) is 5.10 Å². The number of rotatable bonds is 4. The monoisotopic (exact) mass is 386 g/mol. The van der Waals surface area contributed by atoms with Crippen LogP contribution in [0.5, 0.6) is 0 Å². The first-order valence-corrected chi connectivity index (χ1v) is 10.7. The van der Waals surface area contributed by atoms with E-state index in [0.717, 1.165) is 55.0 Å². The van der Waals surface area contributed by atoms with Crippen molar-refractivity contribution < 1.29 is 9.59 Å². The Balaban J connectivity index is 1.45. The van der Waals surface area contributed by atoms with Gasteiger partial charge in [-0.15, -0.1) is 11.3 Å². The quantitative estimate of drug-likeness (QED) is 0.812. The third-order valence-corrected chi connectivity index (χ3v) is 6.49. The average Bonchev–Trinajstić information content (AvgIpc) is 3.34. The number of hydrogen-bond acceptors (Lipinski definition) is 4. The molecule has 0 bridgehead atoms. The van der Waals surface area contributed by atoms with Gasteiger partial charge in [0.25, 0.3) is 5.91 Å². The molecule has 0 aliphatic carbocycles. The van der Waals surface area contributed by atoms with Crippen molar-refractivity contribution in [1.29, 1.82) is 0 Å². The van der Waals surface area contributed by atoms with Crippen LogP contribution in [0.3, 0.4) is 0 Å². The first-order chi connectivity index (χ1) is 13.1. The molecule has 0 spiro atoms. The molecule has 0 N–H and O–H groups in total. The number of carbonyl (C=O) groups is 2. The van der Waals surface area contributed by atoms with E-state index in [-0.39, 0.29) is 11.8 Å². The highest BCUT2D eigenvalue weighted by atomic mass is 32.1. The highest BCUT2D eigenvalue weighted by Gasteiger charge is 2.28. The van der Waals surface area contributed by atoms with Gasteiger partial charge in [-0.1, -0.05) is 6.07 Å².